The van der Waals surface area contributed by atoms with E-state index in [0.717, 1.165) is 0 Å². The van der Waals surface area contributed by atoms with Gasteiger partial charge in [0.2, 0.25) is 5.54 Å². The lowest BCUT2D eigenvalue weighted by atomic mass is 9.89. The molecular formula is C10H7F6NO2. The van der Waals surface area contributed by atoms with E-state index < -0.39 is 35.0 Å². The molecule has 0 radical (unpaired) electrons. The van der Waals surface area contributed by atoms with Crippen LogP contribution in [0.4, 0.5) is 26.3 Å². The van der Waals surface area contributed by atoms with Crippen LogP contribution in [0, 0.1) is 0 Å². The van der Waals surface area contributed by atoms with Gasteiger partial charge in [0.15, 0.2) is 0 Å². The molecule has 1 atom stereocenters. The van der Waals surface area contributed by atoms with E-state index in [1.54, 1.807) is 0 Å². The summed E-state index contributed by atoms with van der Waals surface area (Å²) in [7, 11) is 0. The van der Waals surface area contributed by atoms with Gasteiger partial charge in [0.1, 0.15) is 0 Å². The van der Waals surface area contributed by atoms with Crippen molar-refractivity contribution in [3.8, 4) is 0 Å². The van der Waals surface area contributed by atoms with Crippen LogP contribution < -0.4 is 5.73 Å². The Hall–Kier alpha value is -1.77. The number of aliphatic carboxylic acids is 1. The molecule has 0 spiro atoms. The predicted octanol–water partition coefficient (Wildman–Crippen LogP) is 2.51. The Morgan fingerprint density at radius 3 is 1.89 bits per heavy atom. The quantitative estimate of drug-likeness (QED) is 0.821. The molecule has 1 aromatic rings. The molecule has 0 aliphatic carbocycles. The Bertz CT molecular complexity index is 496. The van der Waals surface area contributed by atoms with E-state index in [-0.39, 0.29) is 6.07 Å². The Balaban J connectivity index is 3.47. The zero-order chi connectivity index (χ0) is 15.1. The van der Waals surface area contributed by atoms with Crippen LogP contribution in [0.1, 0.15) is 11.1 Å². The lowest BCUT2D eigenvalue weighted by Gasteiger charge is -2.28. The van der Waals surface area contributed by atoms with E-state index in [4.69, 9.17) is 10.8 Å². The van der Waals surface area contributed by atoms with Gasteiger partial charge in [-0.3, -0.25) is 0 Å². The van der Waals surface area contributed by atoms with Crippen molar-refractivity contribution in [2.75, 3.05) is 0 Å². The molecule has 0 saturated heterocycles. The summed E-state index contributed by atoms with van der Waals surface area (Å²) in [6.45, 7) is 0. The van der Waals surface area contributed by atoms with Crippen LogP contribution in [-0.2, 0) is 16.5 Å². The van der Waals surface area contributed by atoms with Gasteiger partial charge >= 0.3 is 18.3 Å². The summed E-state index contributed by atoms with van der Waals surface area (Å²) in [5, 5.41) is 8.59. The molecule has 0 aromatic heterocycles. The molecule has 1 rings (SSSR count). The first-order valence-electron chi connectivity index (χ1n) is 4.67. The Morgan fingerprint density at radius 2 is 1.53 bits per heavy atom. The molecule has 3 N–H and O–H groups in total. The minimum absolute atomic E-state index is 0.0710. The van der Waals surface area contributed by atoms with Gasteiger partial charge in [0, 0.05) is 0 Å². The standard InChI is InChI=1S/C10H7F6NO2/c11-9(12,13)6-3-1-2-5(4-6)8(17,7(18)19)10(14,15)16/h1-4H,17H2,(H,18,19)/t8-/m0/s1. The zero-order valence-electron chi connectivity index (χ0n) is 9.01. The summed E-state index contributed by atoms with van der Waals surface area (Å²) in [4.78, 5) is 10.7. The zero-order valence-corrected chi connectivity index (χ0v) is 9.01. The highest BCUT2D eigenvalue weighted by Crippen LogP contribution is 2.39. The van der Waals surface area contributed by atoms with E-state index in [0.29, 0.717) is 18.2 Å². The second-order valence-corrected chi connectivity index (χ2v) is 3.69. The molecule has 0 aliphatic rings. The number of halogens is 6. The number of benzene rings is 1. The molecule has 9 heteroatoms. The first kappa shape index (κ1) is 15.3. The van der Waals surface area contributed by atoms with Crippen LogP contribution >= 0.6 is 0 Å². The lowest BCUT2D eigenvalue weighted by Crippen LogP contribution is -2.56. The molecule has 19 heavy (non-hydrogen) atoms. The minimum atomic E-state index is -5.44. The van der Waals surface area contributed by atoms with Crippen LogP contribution in [0.25, 0.3) is 0 Å². The highest BCUT2D eigenvalue weighted by atomic mass is 19.4. The SMILES string of the molecule is N[C@](C(=O)O)(c1cccc(C(F)(F)F)c1)C(F)(F)F. The topological polar surface area (TPSA) is 63.3 Å². The van der Waals surface area contributed by atoms with Crippen molar-refractivity contribution in [3.63, 3.8) is 0 Å². The number of carbonyl (C=O) groups is 1. The number of nitrogens with two attached hydrogens (primary N) is 1. The monoisotopic (exact) mass is 287 g/mol. The highest BCUT2D eigenvalue weighted by molar-refractivity contribution is 5.81. The fourth-order valence-electron chi connectivity index (χ4n) is 1.35. The molecule has 0 bridgehead atoms. The van der Waals surface area contributed by atoms with Gasteiger partial charge in [-0.25, -0.2) is 4.79 Å². The van der Waals surface area contributed by atoms with Gasteiger partial charge in [0.25, 0.3) is 0 Å². The molecule has 0 heterocycles. The fourth-order valence-corrected chi connectivity index (χ4v) is 1.35. The second kappa shape index (κ2) is 4.41. The summed E-state index contributed by atoms with van der Waals surface area (Å²) in [6.07, 6.45) is -10.3. The maximum Gasteiger partial charge on any atom is 0.421 e. The fraction of sp³-hybridized carbons (Fsp3) is 0.300. The third-order valence-corrected chi connectivity index (χ3v) is 2.43. The van der Waals surface area contributed by atoms with Crippen molar-refractivity contribution >= 4 is 5.97 Å². The van der Waals surface area contributed by atoms with Gasteiger partial charge in [-0.1, -0.05) is 12.1 Å². The maximum atomic E-state index is 12.7. The predicted molar refractivity (Wildman–Crippen MR) is 51.0 cm³/mol. The number of hydrogen-bond donors (Lipinski definition) is 2. The average molecular weight is 287 g/mol. The first-order chi connectivity index (χ1) is 8.40. The summed E-state index contributed by atoms with van der Waals surface area (Å²) in [5.74, 6) is -2.49. The van der Waals surface area contributed by atoms with Gasteiger partial charge in [-0.15, -0.1) is 0 Å². The van der Waals surface area contributed by atoms with Crippen molar-refractivity contribution in [1.82, 2.24) is 0 Å². The smallest absolute Gasteiger partial charge is 0.421 e. The van der Waals surface area contributed by atoms with E-state index in [1.165, 1.54) is 0 Å². The van der Waals surface area contributed by atoms with Crippen molar-refractivity contribution in [1.29, 1.82) is 0 Å². The summed E-state index contributed by atoms with van der Waals surface area (Å²) in [6, 6.07) is 1.83. The third-order valence-electron chi connectivity index (χ3n) is 2.43. The molecule has 3 nitrogen and oxygen atoms in total. The first-order valence-corrected chi connectivity index (χ1v) is 4.67. The van der Waals surface area contributed by atoms with E-state index in [2.05, 4.69) is 0 Å². The number of carboxylic acid groups (broad SMARTS) is 1. The molecular weight excluding hydrogens is 280 g/mol. The Labute approximate surface area is 102 Å². The summed E-state index contributed by atoms with van der Waals surface area (Å²) in [5.41, 5.74) is -1.74. The third kappa shape index (κ3) is 2.65. The van der Waals surface area contributed by atoms with Crippen LogP contribution in [0.5, 0.6) is 0 Å². The molecule has 0 aliphatic heterocycles. The summed E-state index contributed by atoms with van der Waals surface area (Å²) < 4.78 is 75.2. The molecule has 0 saturated carbocycles. The Morgan fingerprint density at radius 1 is 1.05 bits per heavy atom. The van der Waals surface area contributed by atoms with Gasteiger partial charge < -0.3 is 10.8 Å². The van der Waals surface area contributed by atoms with E-state index in [1.807, 2.05) is 0 Å². The molecule has 0 fully saturated rings. The molecule has 0 unspecified atom stereocenters. The van der Waals surface area contributed by atoms with Crippen molar-refractivity contribution in [3.05, 3.63) is 35.4 Å². The second-order valence-electron chi connectivity index (χ2n) is 3.69. The normalized spacial score (nSPS) is 15.9. The van der Waals surface area contributed by atoms with Crippen LogP contribution in [0.3, 0.4) is 0 Å². The molecule has 0 amide bonds. The average Bonchev–Trinajstić information content (AvgIpc) is 2.25. The number of carboxylic acids is 1. The highest BCUT2D eigenvalue weighted by Gasteiger charge is 2.59. The number of alkyl halides is 6. The lowest BCUT2D eigenvalue weighted by molar-refractivity contribution is -0.205. The summed E-state index contributed by atoms with van der Waals surface area (Å²) >= 11 is 0. The van der Waals surface area contributed by atoms with Crippen molar-refractivity contribution in [2.24, 2.45) is 5.73 Å². The van der Waals surface area contributed by atoms with Crippen molar-refractivity contribution < 1.29 is 36.2 Å². The Kier molecular flexibility index (Phi) is 3.55. The number of rotatable bonds is 2. The maximum absolute atomic E-state index is 12.7. The number of hydrogen-bond acceptors (Lipinski definition) is 2. The minimum Gasteiger partial charge on any atom is -0.479 e. The van der Waals surface area contributed by atoms with Crippen LogP contribution in [0.15, 0.2) is 24.3 Å². The molecule has 106 valence electrons. The van der Waals surface area contributed by atoms with Crippen LogP contribution in [-0.4, -0.2) is 17.3 Å². The van der Waals surface area contributed by atoms with E-state index in [9.17, 15) is 31.1 Å². The van der Waals surface area contributed by atoms with Gasteiger partial charge in [-0.2, -0.15) is 26.3 Å². The van der Waals surface area contributed by atoms with Crippen LogP contribution in [0.2, 0.25) is 0 Å². The largest absolute Gasteiger partial charge is 0.479 e. The van der Waals surface area contributed by atoms with Crippen molar-refractivity contribution in [2.45, 2.75) is 17.9 Å². The van der Waals surface area contributed by atoms with Gasteiger partial charge in [0.05, 0.1) is 5.56 Å². The molecule has 1 aromatic carbocycles. The van der Waals surface area contributed by atoms with Gasteiger partial charge in [-0.05, 0) is 17.7 Å². The van der Waals surface area contributed by atoms with E-state index >= 15 is 0 Å².